The summed E-state index contributed by atoms with van der Waals surface area (Å²) >= 11 is 0. The van der Waals surface area contributed by atoms with Crippen LogP contribution in [-0.2, 0) is 18.9 Å². The second kappa shape index (κ2) is 10.2. The third-order valence-corrected chi connectivity index (χ3v) is 7.45. The number of carbonyl (C=O) groups excluding carboxylic acids is 1. The van der Waals surface area contributed by atoms with E-state index >= 15 is 0 Å². The average molecular weight is 525 g/mol. The third kappa shape index (κ3) is 4.70. The van der Waals surface area contributed by atoms with E-state index in [0.717, 1.165) is 0 Å². The zero-order valence-corrected chi connectivity index (χ0v) is 20.5. The van der Waals surface area contributed by atoms with Gasteiger partial charge in [0.2, 0.25) is 0 Å². The summed E-state index contributed by atoms with van der Waals surface area (Å²) in [6, 6.07) is 1.93. The van der Waals surface area contributed by atoms with E-state index in [1.807, 2.05) is 0 Å². The van der Waals surface area contributed by atoms with Crippen LogP contribution in [0.25, 0.3) is 11.3 Å². The van der Waals surface area contributed by atoms with E-state index in [-0.39, 0.29) is 23.4 Å². The summed E-state index contributed by atoms with van der Waals surface area (Å²) in [7, 11) is 1.43. The normalized spacial score (nSPS) is 29.6. The molecule has 11 nitrogen and oxygen atoms in total. The first-order valence-corrected chi connectivity index (χ1v) is 12.2. The molecule has 202 valence electrons. The molecule has 3 saturated heterocycles. The Hall–Kier alpha value is -2.71. The minimum atomic E-state index is -1.27. The van der Waals surface area contributed by atoms with E-state index in [1.54, 1.807) is 0 Å². The van der Waals surface area contributed by atoms with Crippen molar-refractivity contribution in [3.8, 4) is 11.3 Å². The number of hydrogen-bond donors (Lipinski definition) is 2. The van der Waals surface area contributed by atoms with Crippen molar-refractivity contribution in [1.82, 2.24) is 19.9 Å². The molecule has 4 heterocycles. The fourth-order valence-corrected chi connectivity index (χ4v) is 5.36. The molecular formula is C24H30F2N4O7. The Balaban J connectivity index is 1.41. The summed E-state index contributed by atoms with van der Waals surface area (Å²) in [4.78, 5) is 14.2. The molecule has 5 atom stereocenters. The fraction of sp³-hybridized carbons (Fsp3) is 0.625. The van der Waals surface area contributed by atoms with Gasteiger partial charge in [0.25, 0.3) is 0 Å². The van der Waals surface area contributed by atoms with Crippen LogP contribution in [0.4, 0.5) is 13.6 Å². The van der Waals surface area contributed by atoms with Crippen LogP contribution in [0.5, 0.6) is 0 Å². The molecular weight excluding hydrogens is 494 g/mol. The first kappa shape index (κ1) is 25.9. The summed E-state index contributed by atoms with van der Waals surface area (Å²) in [5.74, 6) is -2.03. The van der Waals surface area contributed by atoms with E-state index in [4.69, 9.17) is 18.9 Å². The van der Waals surface area contributed by atoms with Crippen molar-refractivity contribution in [3.05, 3.63) is 35.5 Å². The van der Waals surface area contributed by atoms with Gasteiger partial charge >= 0.3 is 6.09 Å². The van der Waals surface area contributed by atoms with Crippen LogP contribution >= 0.6 is 0 Å². The van der Waals surface area contributed by atoms with Gasteiger partial charge in [-0.25, -0.2) is 18.3 Å². The number of hydrogen-bond acceptors (Lipinski definition) is 9. The number of aliphatic hydroxyl groups excluding tert-OH is 2. The number of methoxy groups -OCH3 is 1. The van der Waals surface area contributed by atoms with Crippen LogP contribution < -0.4 is 0 Å². The zero-order chi connectivity index (χ0) is 26.3. The van der Waals surface area contributed by atoms with Gasteiger partial charge in [-0.05, 0) is 18.6 Å². The lowest BCUT2D eigenvalue weighted by atomic mass is 9.91. The standard InChI is InChI=1S/C24H30F2N4O7/c1-13-3-4-14(19(26)18(13)25)15-9-30(28-27-15)20-21(32)17(11-31)36-16(22(20)34-2)10-29-12-24(37-23(29)33)5-7-35-8-6-24/h3-4,9,16-17,20-22,31-32H,5-8,10-12H2,1-2H3/t16-,17-,20+,21+,22+/m1/s1. The lowest BCUT2D eigenvalue weighted by Crippen LogP contribution is -2.59. The number of rotatable bonds is 6. The summed E-state index contributed by atoms with van der Waals surface area (Å²) in [6.07, 6.45) is -1.80. The molecule has 2 aromatic rings. The average Bonchev–Trinajstić information content (AvgIpc) is 3.48. The molecule has 3 fully saturated rings. The van der Waals surface area contributed by atoms with Crippen molar-refractivity contribution in [2.45, 2.75) is 55.8 Å². The Morgan fingerprint density at radius 3 is 2.68 bits per heavy atom. The number of halogens is 2. The molecule has 1 aromatic heterocycles. The molecule has 3 aliphatic heterocycles. The monoisotopic (exact) mass is 524 g/mol. The van der Waals surface area contributed by atoms with Gasteiger partial charge < -0.3 is 34.1 Å². The van der Waals surface area contributed by atoms with Gasteiger partial charge in [-0.1, -0.05) is 11.3 Å². The molecule has 0 aliphatic carbocycles. The highest BCUT2D eigenvalue weighted by molar-refractivity contribution is 5.70. The Kier molecular flexibility index (Phi) is 7.16. The second-order valence-electron chi connectivity index (χ2n) is 9.76. The molecule has 5 rings (SSSR count). The number of benzene rings is 1. The van der Waals surface area contributed by atoms with Gasteiger partial charge in [-0.2, -0.15) is 0 Å². The minimum absolute atomic E-state index is 0.0617. The molecule has 2 N–H and O–H groups in total. The molecule has 0 unspecified atom stereocenters. The van der Waals surface area contributed by atoms with E-state index in [9.17, 15) is 23.8 Å². The van der Waals surface area contributed by atoms with Crippen LogP contribution in [0.1, 0.15) is 24.4 Å². The number of aromatic nitrogens is 3. The first-order chi connectivity index (χ1) is 17.8. The number of aliphatic hydroxyl groups is 2. The zero-order valence-electron chi connectivity index (χ0n) is 20.5. The predicted octanol–water partition coefficient (Wildman–Crippen LogP) is 1.21. The first-order valence-electron chi connectivity index (χ1n) is 12.2. The van der Waals surface area contributed by atoms with Gasteiger partial charge in [0.1, 0.15) is 41.8 Å². The maximum absolute atomic E-state index is 14.6. The number of carbonyl (C=O) groups is 1. The van der Waals surface area contributed by atoms with E-state index < -0.39 is 60.4 Å². The lowest BCUT2D eigenvalue weighted by molar-refractivity contribution is -0.214. The number of amides is 1. The van der Waals surface area contributed by atoms with Crippen LogP contribution in [0, 0.1) is 18.6 Å². The maximum Gasteiger partial charge on any atom is 0.410 e. The molecule has 1 aromatic carbocycles. The molecule has 0 saturated carbocycles. The second-order valence-corrected chi connectivity index (χ2v) is 9.76. The fourth-order valence-electron chi connectivity index (χ4n) is 5.36. The van der Waals surface area contributed by atoms with Gasteiger partial charge in [-0.3, -0.25) is 0 Å². The van der Waals surface area contributed by atoms with Crippen LogP contribution in [0.3, 0.4) is 0 Å². The quantitative estimate of drug-likeness (QED) is 0.573. The van der Waals surface area contributed by atoms with Crippen molar-refractivity contribution >= 4 is 6.09 Å². The Bertz CT molecular complexity index is 1140. The van der Waals surface area contributed by atoms with Crippen molar-refractivity contribution in [1.29, 1.82) is 0 Å². The van der Waals surface area contributed by atoms with Crippen LogP contribution in [-0.4, -0.2) is 106 Å². The lowest BCUT2D eigenvalue weighted by Gasteiger charge is -2.44. The smallest absolute Gasteiger partial charge is 0.410 e. The van der Waals surface area contributed by atoms with E-state index in [0.29, 0.717) is 32.6 Å². The van der Waals surface area contributed by atoms with Crippen molar-refractivity contribution in [2.75, 3.05) is 40.0 Å². The molecule has 1 spiro atoms. The van der Waals surface area contributed by atoms with Crippen molar-refractivity contribution in [2.24, 2.45) is 0 Å². The third-order valence-electron chi connectivity index (χ3n) is 7.45. The number of ether oxygens (including phenoxy) is 4. The highest BCUT2D eigenvalue weighted by Gasteiger charge is 2.51. The molecule has 0 radical (unpaired) electrons. The Labute approximate surface area is 211 Å². The van der Waals surface area contributed by atoms with Crippen LogP contribution in [0.2, 0.25) is 0 Å². The molecule has 37 heavy (non-hydrogen) atoms. The van der Waals surface area contributed by atoms with E-state index in [1.165, 1.54) is 41.9 Å². The van der Waals surface area contributed by atoms with E-state index in [2.05, 4.69) is 10.3 Å². The van der Waals surface area contributed by atoms with Gasteiger partial charge in [0.15, 0.2) is 11.6 Å². The highest BCUT2D eigenvalue weighted by Crippen LogP contribution is 2.36. The number of aryl methyl sites for hydroxylation is 1. The maximum atomic E-state index is 14.6. The van der Waals surface area contributed by atoms with Crippen molar-refractivity contribution < 1.29 is 42.7 Å². The Morgan fingerprint density at radius 2 is 1.97 bits per heavy atom. The van der Waals surface area contributed by atoms with Crippen molar-refractivity contribution in [3.63, 3.8) is 0 Å². The molecule has 1 amide bonds. The highest BCUT2D eigenvalue weighted by atomic mass is 19.2. The predicted molar refractivity (Wildman–Crippen MR) is 123 cm³/mol. The Morgan fingerprint density at radius 1 is 1.22 bits per heavy atom. The summed E-state index contributed by atoms with van der Waals surface area (Å²) in [6.45, 7) is 2.39. The molecule has 0 bridgehead atoms. The largest absolute Gasteiger partial charge is 0.441 e. The van der Waals surface area contributed by atoms with Gasteiger partial charge in [-0.15, -0.1) is 5.10 Å². The summed E-state index contributed by atoms with van der Waals surface area (Å²) in [5.41, 5.74) is -0.478. The SMILES string of the molecule is CO[C@@H]1[C@@H](n2cc(-c3ccc(C)c(F)c3F)nn2)[C@@H](O)[C@@H](CO)O[C@@H]1CN1CC2(CCOCC2)OC1=O. The molecule has 13 heteroatoms. The van der Waals surface area contributed by atoms with Gasteiger partial charge in [0, 0.05) is 25.5 Å². The minimum Gasteiger partial charge on any atom is -0.441 e. The number of nitrogens with zero attached hydrogens (tertiary/aromatic N) is 4. The molecule has 3 aliphatic rings. The van der Waals surface area contributed by atoms with Gasteiger partial charge in [0.05, 0.1) is 39.1 Å². The summed E-state index contributed by atoms with van der Waals surface area (Å²) in [5, 5.41) is 29.0. The van der Waals surface area contributed by atoms with Crippen LogP contribution in [0.15, 0.2) is 18.3 Å². The topological polar surface area (TPSA) is 128 Å². The summed E-state index contributed by atoms with van der Waals surface area (Å²) < 4.78 is 52.8.